The van der Waals surface area contributed by atoms with Crippen molar-refractivity contribution in [3.63, 3.8) is 0 Å². The molecule has 1 aromatic heterocycles. The molecule has 18 heavy (non-hydrogen) atoms. The van der Waals surface area contributed by atoms with Crippen molar-refractivity contribution in [1.82, 2.24) is 4.98 Å². The van der Waals surface area contributed by atoms with Gasteiger partial charge in [0.15, 0.2) is 0 Å². The van der Waals surface area contributed by atoms with Gasteiger partial charge < -0.3 is 11.1 Å². The van der Waals surface area contributed by atoms with Crippen molar-refractivity contribution < 1.29 is 4.79 Å². The lowest BCUT2D eigenvalue weighted by Gasteiger charge is -2.06. The molecule has 0 radical (unpaired) electrons. The van der Waals surface area contributed by atoms with Crippen LogP contribution in [-0.2, 0) is 6.54 Å². The number of anilines is 1. The van der Waals surface area contributed by atoms with Gasteiger partial charge >= 0.3 is 0 Å². The molecule has 0 spiro atoms. The smallest absolute Gasteiger partial charge is 0.255 e. The molecule has 4 heteroatoms. The molecule has 0 aliphatic heterocycles. The standard InChI is InChI=1S/C14H15N3O/c1-10-5-13(9-16-8-10)17-14(18)12-4-2-3-11(6-12)7-15/h2-6,8-9H,7,15H2,1H3,(H,17,18). The summed E-state index contributed by atoms with van der Waals surface area (Å²) >= 11 is 0. The zero-order chi connectivity index (χ0) is 13.0. The third-order valence-electron chi connectivity index (χ3n) is 2.56. The Balaban J connectivity index is 2.16. The summed E-state index contributed by atoms with van der Waals surface area (Å²) in [6.07, 6.45) is 3.36. The van der Waals surface area contributed by atoms with Gasteiger partial charge in [-0.2, -0.15) is 0 Å². The number of nitrogens with zero attached hydrogens (tertiary/aromatic N) is 1. The quantitative estimate of drug-likeness (QED) is 0.864. The Morgan fingerprint density at radius 3 is 2.89 bits per heavy atom. The molecule has 0 atom stereocenters. The monoisotopic (exact) mass is 241 g/mol. The summed E-state index contributed by atoms with van der Waals surface area (Å²) in [4.78, 5) is 16.0. The second-order valence-corrected chi connectivity index (χ2v) is 4.11. The van der Waals surface area contributed by atoms with Gasteiger partial charge in [0.1, 0.15) is 0 Å². The molecule has 0 fully saturated rings. The first-order chi connectivity index (χ1) is 8.69. The van der Waals surface area contributed by atoms with Gasteiger partial charge in [0, 0.05) is 18.3 Å². The molecule has 4 nitrogen and oxygen atoms in total. The molecule has 1 amide bonds. The summed E-state index contributed by atoms with van der Waals surface area (Å²) in [6.45, 7) is 2.35. The minimum absolute atomic E-state index is 0.155. The number of nitrogens with one attached hydrogen (secondary N) is 1. The molecule has 0 unspecified atom stereocenters. The van der Waals surface area contributed by atoms with E-state index in [0.717, 1.165) is 11.1 Å². The fraction of sp³-hybridized carbons (Fsp3) is 0.143. The van der Waals surface area contributed by atoms with Crippen molar-refractivity contribution in [2.24, 2.45) is 5.73 Å². The lowest BCUT2D eigenvalue weighted by molar-refractivity contribution is 0.102. The minimum atomic E-state index is -0.155. The lowest BCUT2D eigenvalue weighted by atomic mass is 10.1. The molecule has 0 saturated carbocycles. The Bertz CT molecular complexity index is 566. The molecule has 2 rings (SSSR count). The van der Waals surface area contributed by atoms with E-state index >= 15 is 0 Å². The van der Waals surface area contributed by atoms with E-state index in [0.29, 0.717) is 17.8 Å². The highest BCUT2D eigenvalue weighted by atomic mass is 16.1. The van der Waals surface area contributed by atoms with Gasteiger partial charge in [0.2, 0.25) is 0 Å². The molecular formula is C14H15N3O. The van der Waals surface area contributed by atoms with Crippen LogP contribution in [0.3, 0.4) is 0 Å². The Morgan fingerprint density at radius 2 is 2.17 bits per heavy atom. The van der Waals surface area contributed by atoms with Gasteiger partial charge in [-0.25, -0.2) is 0 Å². The molecule has 0 aliphatic rings. The maximum absolute atomic E-state index is 12.0. The van der Waals surface area contributed by atoms with Crippen LogP contribution in [-0.4, -0.2) is 10.9 Å². The Kier molecular flexibility index (Phi) is 3.69. The van der Waals surface area contributed by atoms with Crippen LogP contribution in [0.4, 0.5) is 5.69 Å². The average molecular weight is 241 g/mol. The van der Waals surface area contributed by atoms with E-state index < -0.39 is 0 Å². The van der Waals surface area contributed by atoms with Crippen LogP contribution in [0.1, 0.15) is 21.5 Å². The van der Waals surface area contributed by atoms with Crippen molar-refractivity contribution >= 4 is 11.6 Å². The number of hydrogen-bond donors (Lipinski definition) is 2. The van der Waals surface area contributed by atoms with Gasteiger partial charge in [-0.1, -0.05) is 12.1 Å². The molecule has 0 bridgehead atoms. The van der Waals surface area contributed by atoms with E-state index in [1.165, 1.54) is 0 Å². The summed E-state index contributed by atoms with van der Waals surface area (Å²) in [7, 11) is 0. The van der Waals surface area contributed by atoms with Gasteiger partial charge in [-0.05, 0) is 36.2 Å². The fourth-order valence-corrected chi connectivity index (χ4v) is 1.67. The van der Waals surface area contributed by atoms with Crippen molar-refractivity contribution in [2.75, 3.05) is 5.32 Å². The molecule has 92 valence electrons. The molecule has 1 heterocycles. The van der Waals surface area contributed by atoms with Crippen molar-refractivity contribution in [3.8, 4) is 0 Å². The third kappa shape index (κ3) is 2.93. The highest BCUT2D eigenvalue weighted by Crippen LogP contribution is 2.11. The largest absolute Gasteiger partial charge is 0.326 e. The maximum Gasteiger partial charge on any atom is 0.255 e. The van der Waals surface area contributed by atoms with Gasteiger partial charge in [-0.15, -0.1) is 0 Å². The van der Waals surface area contributed by atoms with Crippen LogP contribution in [0.2, 0.25) is 0 Å². The van der Waals surface area contributed by atoms with E-state index in [1.54, 1.807) is 24.5 Å². The van der Waals surface area contributed by atoms with Crippen LogP contribution >= 0.6 is 0 Å². The van der Waals surface area contributed by atoms with E-state index in [4.69, 9.17) is 5.73 Å². The number of pyridine rings is 1. The SMILES string of the molecule is Cc1cncc(NC(=O)c2cccc(CN)c2)c1. The summed E-state index contributed by atoms with van der Waals surface area (Å²) in [6, 6.07) is 9.14. The van der Waals surface area contributed by atoms with Crippen LogP contribution in [0.15, 0.2) is 42.7 Å². The normalized spacial score (nSPS) is 10.1. The van der Waals surface area contributed by atoms with Gasteiger partial charge in [0.05, 0.1) is 11.9 Å². The van der Waals surface area contributed by atoms with Crippen LogP contribution in [0.25, 0.3) is 0 Å². The van der Waals surface area contributed by atoms with E-state index in [9.17, 15) is 4.79 Å². The Morgan fingerprint density at radius 1 is 1.33 bits per heavy atom. The highest BCUT2D eigenvalue weighted by Gasteiger charge is 2.06. The van der Waals surface area contributed by atoms with Crippen molar-refractivity contribution in [2.45, 2.75) is 13.5 Å². The van der Waals surface area contributed by atoms with Crippen molar-refractivity contribution in [1.29, 1.82) is 0 Å². The summed E-state index contributed by atoms with van der Waals surface area (Å²) < 4.78 is 0. The van der Waals surface area contributed by atoms with Crippen molar-refractivity contribution in [3.05, 3.63) is 59.4 Å². The number of hydrogen-bond acceptors (Lipinski definition) is 3. The third-order valence-corrected chi connectivity index (χ3v) is 2.56. The molecule has 0 saturated heterocycles. The zero-order valence-electron chi connectivity index (χ0n) is 10.2. The number of benzene rings is 1. The number of aryl methyl sites for hydroxylation is 1. The number of carbonyl (C=O) groups is 1. The zero-order valence-corrected chi connectivity index (χ0v) is 10.2. The predicted octanol–water partition coefficient (Wildman–Crippen LogP) is 2.10. The first kappa shape index (κ1) is 12.3. The lowest BCUT2D eigenvalue weighted by Crippen LogP contribution is -2.12. The first-order valence-corrected chi connectivity index (χ1v) is 5.71. The second kappa shape index (κ2) is 5.42. The molecule has 1 aromatic carbocycles. The summed E-state index contributed by atoms with van der Waals surface area (Å²) in [5.41, 5.74) is 8.78. The van der Waals surface area contributed by atoms with Gasteiger partial charge in [0.25, 0.3) is 5.91 Å². The van der Waals surface area contributed by atoms with Crippen LogP contribution in [0, 0.1) is 6.92 Å². The van der Waals surface area contributed by atoms with Crippen LogP contribution < -0.4 is 11.1 Å². The Hall–Kier alpha value is -2.20. The fourth-order valence-electron chi connectivity index (χ4n) is 1.67. The van der Waals surface area contributed by atoms with Gasteiger partial charge in [-0.3, -0.25) is 9.78 Å². The van der Waals surface area contributed by atoms with Crippen LogP contribution in [0.5, 0.6) is 0 Å². The summed E-state index contributed by atoms with van der Waals surface area (Å²) in [5.74, 6) is -0.155. The van der Waals surface area contributed by atoms with E-state index in [-0.39, 0.29) is 5.91 Å². The number of aromatic nitrogens is 1. The predicted molar refractivity (Wildman–Crippen MR) is 71.3 cm³/mol. The molecule has 0 aliphatic carbocycles. The first-order valence-electron chi connectivity index (χ1n) is 5.71. The second-order valence-electron chi connectivity index (χ2n) is 4.11. The number of nitrogens with two attached hydrogens (primary N) is 1. The highest BCUT2D eigenvalue weighted by molar-refractivity contribution is 6.04. The topological polar surface area (TPSA) is 68.0 Å². The van der Waals surface area contributed by atoms with E-state index in [2.05, 4.69) is 10.3 Å². The minimum Gasteiger partial charge on any atom is -0.326 e. The summed E-state index contributed by atoms with van der Waals surface area (Å²) in [5, 5.41) is 2.81. The molecule has 3 N–H and O–H groups in total. The Labute approximate surface area is 106 Å². The molecule has 2 aromatic rings. The average Bonchev–Trinajstić information content (AvgIpc) is 2.39. The maximum atomic E-state index is 12.0. The number of rotatable bonds is 3. The number of carbonyl (C=O) groups excluding carboxylic acids is 1. The molecular weight excluding hydrogens is 226 g/mol. The number of amides is 1. The van der Waals surface area contributed by atoms with E-state index in [1.807, 2.05) is 25.1 Å².